The predicted octanol–water partition coefficient (Wildman–Crippen LogP) is 5.13. The number of anilines is 2. The van der Waals surface area contributed by atoms with Crippen molar-refractivity contribution in [3.63, 3.8) is 0 Å². The molecule has 4 aromatic rings. The summed E-state index contributed by atoms with van der Waals surface area (Å²) >= 11 is 0. The van der Waals surface area contributed by atoms with Gasteiger partial charge in [0.1, 0.15) is 22.9 Å². The Morgan fingerprint density at radius 1 is 1.03 bits per heavy atom. The molecule has 0 fully saturated rings. The molecule has 0 saturated carbocycles. The number of nitrogens with zero attached hydrogens (tertiary/aromatic N) is 2. The molecule has 0 bridgehead atoms. The van der Waals surface area contributed by atoms with Crippen LogP contribution in [0.3, 0.4) is 0 Å². The number of H-pyrrole nitrogens is 1. The van der Waals surface area contributed by atoms with Crippen molar-refractivity contribution >= 4 is 28.9 Å². The van der Waals surface area contributed by atoms with Crippen molar-refractivity contribution in [2.75, 3.05) is 23.9 Å². The Kier molecular flexibility index (Phi) is 6.82. The first kappa shape index (κ1) is 24.6. The van der Waals surface area contributed by atoms with Crippen molar-refractivity contribution in [3.8, 4) is 11.5 Å². The van der Waals surface area contributed by atoms with E-state index in [1.54, 1.807) is 43.5 Å². The average Bonchev–Trinajstić information content (AvgIpc) is 3.53. The number of benzene rings is 3. The fourth-order valence-corrected chi connectivity index (χ4v) is 4.48. The lowest BCUT2D eigenvalue weighted by atomic mass is 9.93. The molecule has 1 aliphatic rings. The molecule has 3 aromatic carbocycles. The Bertz CT molecular complexity index is 1480. The van der Waals surface area contributed by atoms with Crippen LogP contribution in [-0.2, 0) is 4.79 Å². The van der Waals surface area contributed by atoms with Crippen LogP contribution >= 0.6 is 0 Å². The van der Waals surface area contributed by atoms with E-state index in [0.29, 0.717) is 34.9 Å². The lowest BCUT2D eigenvalue weighted by molar-refractivity contribution is -0.117. The van der Waals surface area contributed by atoms with E-state index in [1.807, 2.05) is 49.4 Å². The number of ether oxygens (including phenoxy) is 2. The second-order valence-corrected chi connectivity index (χ2v) is 8.52. The number of hydrogen-bond donors (Lipinski definition) is 3. The summed E-state index contributed by atoms with van der Waals surface area (Å²) < 4.78 is 10.7. The predicted molar refractivity (Wildman–Crippen MR) is 143 cm³/mol. The third kappa shape index (κ3) is 4.57. The molecule has 5 rings (SSSR count). The molecule has 192 valence electrons. The summed E-state index contributed by atoms with van der Waals surface area (Å²) in [6, 6.07) is 22.6. The number of aromatic amines is 1. The van der Waals surface area contributed by atoms with Gasteiger partial charge < -0.3 is 19.9 Å². The summed E-state index contributed by atoms with van der Waals surface area (Å²) in [6.07, 6.45) is 1.36. The van der Waals surface area contributed by atoms with Gasteiger partial charge >= 0.3 is 0 Å². The molecule has 1 aliphatic heterocycles. The highest BCUT2D eigenvalue weighted by molar-refractivity contribution is 6.18. The number of amides is 2. The second kappa shape index (κ2) is 10.5. The smallest absolute Gasteiger partial charge is 0.295 e. The van der Waals surface area contributed by atoms with Crippen molar-refractivity contribution in [1.29, 1.82) is 0 Å². The van der Waals surface area contributed by atoms with Crippen molar-refractivity contribution in [2.24, 2.45) is 0 Å². The minimum atomic E-state index is -0.728. The van der Waals surface area contributed by atoms with E-state index in [9.17, 15) is 14.7 Å². The SMILES string of the molecule is CCOc1ccc(NC(=O)c2cn[nH]c2N2C(=O)C(O)=C(c3ccccc3)C2c2ccc(OC)cc2)cc1. The van der Waals surface area contributed by atoms with Gasteiger partial charge in [0.2, 0.25) is 0 Å². The Morgan fingerprint density at radius 2 is 1.71 bits per heavy atom. The lowest BCUT2D eigenvalue weighted by Gasteiger charge is -2.27. The van der Waals surface area contributed by atoms with Crippen LogP contribution < -0.4 is 19.7 Å². The fourth-order valence-electron chi connectivity index (χ4n) is 4.48. The molecule has 3 N–H and O–H groups in total. The molecule has 9 heteroatoms. The van der Waals surface area contributed by atoms with Crippen LogP contribution in [0, 0.1) is 0 Å². The van der Waals surface area contributed by atoms with E-state index < -0.39 is 23.6 Å². The van der Waals surface area contributed by atoms with E-state index in [1.165, 1.54) is 11.1 Å². The number of carbonyl (C=O) groups excluding carboxylic acids is 2. The van der Waals surface area contributed by atoms with E-state index >= 15 is 0 Å². The van der Waals surface area contributed by atoms with Crippen LogP contribution in [0.2, 0.25) is 0 Å². The molecule has 0 radical (unpaired) electrons. The standard InChI is InChI=1S/C29H26N4O5/c1-3-38-22-15-11-20(12-16-22)31-28(35)23-17-30-32-27(23)33-25(19-9-13-21(37-2)14-10-19)24(26(34)29(33)36)18-7-5-4-6-8-18/h4-17,25,34H,3H2,1-2H3,(H,30,32)(H,31,35). The summed E-state index contributed by atoms with van der Waals surface area (Å²) in [7, 11) is 1.57. The topological polar surface area (TPSA) is 117 Å². The second-order valence-electron chi connectivity index (χ2n) is 8.52. The molecule has 9 nitrogen and oxygen atoms in total. The summed E-state index contributed by atoms with van der Waals surface area (Å²) in [5, 5.41) is 20.8. The molecule has 38 heavy (non-hydrogen) atoms. The molecular formula is C29H26N4O5. The third-order valence-corrected chi connectivity index (χ3v) is 6.25. The van der Waals surface area contributed by atoms with Gasteiger partial charge in [0.25, 0.3) is 11.8 Å². The Hall–Kier alpha value is -5.05. The van der Waals surface area contributed by atoms with Gasteiger partial charge in [0.15, 0.2) is 5.76 Å². The van der Waals surface area contributed by atoms with Crippen LogP contribution in [0.15, 0.2) is 90.8 Å². The summed E-state index contributed by atoms with van der Waals surface area (Å²) in [5.74, 6) is -0.0114. The molecule has 2 heterocycles. The number of nitrogens with one attached hydrogen (secondary N) is 2. The van der Waals surface area contributed by atoms with Gasteiger partial charge in [-0.2, -0.15) is 5.10 Å². The zero-order valence-electron chi connectivity index (χ0n) is 20.8. The molecule has 1 unspecified atom stereocenters. The molecule has 2 amide bonds. The molecular weight excluding hydrogens is 484 g/mol. The highest BCUT2D eigenvalue weighted by Gasteiger charge is 2.44. The lowest BCUT2D eigenvalue weighted by Crippen LogP contribution is -2.32. The first-order valence-electron chi connectivity index (χ1n) is 12.1. The molecule has 1 atom stereocenters. The van der Waals surface area contributed by atoms with Gasteiger partial charge in [0.05, 0.1) is 26.0 Å². The number of aromatic nitrogens is 2. The van der Waals surface area contributed by atoms with Crippen LogP contribution in [0.4, 0.5) is 11.5 Å². The van der Waals surface area contributed by atoms with E-state index in [-0.39, 0.29) is 11.4 Å². The molecule has 0 spiro atoms. The molecule has 0 saturated heterocycles. The van der Waals surface area contributed by atoms with Gasteiger partial charge in [-0.05, 0) is 54.4 Å². The van der Waals surface area contributed by atoms with Gasteiger partial charge in [-0.15, -0.1) is 0 Å². The summed E-state index contributed by atoms with van der Waals surface area (Å²) in [5.41, 5.74) is 2.52. The van der Waals surface area contributed by atoms with Gasteiger partial charge in [-0.3, -0.25) is 19.6 Å². The number of carbonyl (C=O) groups is 2. The van der Waals surface area contributed by atoms with Crippen molar-refractivity contribution in [1.82, 2.24) is 10.2 Å². The van der Waals surface area contributed by atoms with E-state index in [4.69, 9.17) is 9.47 Å². The summed E-state index contributed by atoms with van der Waals surface area (Å²) in [6.45, 7) is 2.43. The largest absolute Gasteiger partial charge is 0.503 e. The number of rotatable bonds is 8. The van der Waals surface area contributed by atoms with Crippen molar-refractivity contribution in [3.05, 3.63) is 108 Å². The molecule has 1 aromatic heterocycles. The van der Waals surface area contributed by atoms with Crippen molar-refractivity contribution < 1.29 is 24.2 Å². The Morgan fingerprint density at radius 3 is 2.37 bits per heavy atom. The highest BCUT2D eigenvalue weighted by Crippen LogP contribution is 2.45. The number of aliphatic hydroxyl groups is 1. The normalized spacial score (nSPS) is 15.1. The number of methoxy groups -OCH3 is 1. The minimum Gasteiger partial charge on any atom is -0.503 e. The Labute approximate surface area is 219 Å². The first-order valence-corrected chi connectivity index (χ1v) is 12.1. The first-order chi connectivity index (χ1) is 18.5. The van der Waals surface area contributed by atoms with Crippen LogP contribution in [0.25, 0.3) is 5.57 Å². The molecule has 0 aliphatic carbocycles. The maximum absolute atomic E-state index is 13.5. The Balaban J connectivity index is 1.53. The van der Waals surface area contributed by atoms with E-state index in [2.05, 4.69) is 15.5 Å². The number of hydrogen-bond acceptors (Lipinski definition) is 6. The maximum Gasteiger partial charge on any atom is 0.295 e. The minimum absolute atomic E-state index is 0.146. The zero-order valence-corrected chi connectivity index (χ0v) is 20.8. The quantitative estimate of drug-likeness (QED) is 0.303. The maximum atomic E-state index is 13.5. The van der Waals surface area contributed by atoms with Gasteiger partial charge in [-0.1, -0.05) is 42.5 Å². The summed E-state index contributed by atoms with van der Waals surface area (Å²) in [4.78, 5) is 28.2. The van der Waals surface area contributed by atoms with Crippen LogP contribution in [0.5, 0.6) is 11.5 Å². The average molecular weight is 511 g/mol. The van der Waals surface area contributed by atoms with Crippen LogP contribution in [0.1, 0.15) is 34.5 Å². The highest BCUT2D eigenvalue weighted by atomic mass is 16.5. The monoisotopic (exact) mass is 510 g/mol. The fraction of sp³-hybridized carbons (Fsp3) is 0.138. The third-order valence-electron chi connectivity index (χ3n) is 6.25. The zero-order chi connectivity index (χ0) is 26.6. The number of aliphatic hydroxyl groups excluding tert-OH is 1. The van der Waals surface area contributed by atoms with Gasteiger partial charge in [0, 0.05) is 11.3 Å². The van der Waals surface area contributed by atoms with Gasteiger partial charge in [-0.25, -0.2) is 0 Å². The van der Waals surface area contributed by atoms with E-state index in [0.717, 1.165) is 5.56 Å². The van der Waals surface area contributed by atoms with Crippen molar-refractivity contribution in [2.45, 2.75) is 13.0 Å². The van der Waals surface area contributed by atoms with Crippen LogP contribution in [-0.4, -0.2) is 40.8 Å².